The van der Waals surface area contributed by atoms with Crippen LogP contribution < -0.4 is 5.73 Å². The highest BCUT2D eigenvalue weighted by atomic mass is 19.3. The van der Waals surface area contributed by atoms with Crippen LogP contribution in [0.5, 0.6) is 0 Å². The Balaban J connectivity index is 2.32. The van der Waals surface area contributed by atoms with Gasteiger partial charge in [-0.3, -0.25) is 4.98 Å². The Hall–Kier alpha value is -1.07. The second-order valence-electron chi connectivity index (χ2n) is 3.66. The smallest absolute Gasteiger partial charge is 0.261 e. The summed E-state index contributed by atoms with van der Waals surface area (Å²) in [4.78, 5) is 4.02. The highest BCUT2D eigenvalue weighted by Gasteiger charge is 2.07. The molecule has 0 aliphatic rings. The van der Waals surface area contributed by atoms with Gasteiger partial charge in [0.2, 0.25) is 0 Å². The van der Waals surface area contributed by atoms with Gasteiger partial charge in [0.15, 0.2) is 0 Å². The molecule has 0 bridgehead atoms. The van der Waals surface area contributed by atoms with Crippen molar-refractivity contribution >= 4 is 0 Å². The summed E-state index contributed by atoms with van der Waals surface area (Å²) in [6.45, 7) is 1.63. The van der Waals surface area contributed by atoms with Crippen LogP contribution in [0.4, 0.5) is 8.78 Å². The average Bonchev–Trinajstić information content (AvgIpc) is 2.24. The molecule has 0 spiro atoms. The van der Waals surface area contributed by atoms with Crippen LogP contribution in [0.1, 0.15) is 23.6 Å². The summed E-state index contributed by atoms with van der Waals surface area (Å²) >= 11 is 0. The minimum Gasteiger partial charge on any atom is -0.375 e. The third kappa shape index (κ3) is 4.63. The predicted molar refractivity (Wildman–Crippen MR) is 57.3 cm³/mol. The van der Waals surface area contributed by atoms with E-state index in [0.717, 1.165) is 11.1 Å². The van der Waals surface area contributed by atoms with Gasteiger partial charge in [0, 0.05) is 25.0 Å². The van der Waals surface area contributed by atoms with Crippen molar-refractivity contribution in [1.82, 2.24) is 4.98 Å². The number of halogens is 2. The zero-order valence-electron chi connectivity index (χ0n) is 9.20. The maximum absolute atomic E-state index is 11.8. The first-order valence-corrected chi connectivity index (χ1v) is 5.12. The Kier molecular flexibility index (Phi) is 5.28. The van der Waals surface area contributed by atoms with E-state index in [2.05, 4.69) is 4.98 Å². The first-order chi connectivity index (χ1) is 7.59. The number of aryl methyl sites for hydroxylation is 1. The molecule has 0 saturated heterocycles. The van der Waals surface area contributed by atoms with Crippen molar-refractivity contribution in [3.05, 3.63) is 29.6 Å². The van der Waals surface area contributed by atoms with E-state index in [1.54, 1.807) is 12.4 Å². The zero-order valence-corrected chi connectivity index (χ0v) is 9.20. The molecular weight excluding hydrogens is 214 g/mol. The molecule has 0 aromatic carbocycles. The fraction of sp³-hybridized carbons (Fsp3) is 0.545. The van der Waals surface area contributed by atoms with E-state index in [9.17, 15) is 8.78 Å². The summed E-state index contributed by atoms with van der Waals surface area (Å²) in [5.74, 6) is 0. The number of pyridine rings is 1. The Morgan fingerprint density at radius 1 is 1.44 bits per heavy atom. The Labute approximate surface area is 93.6 Å². The second kappa shape index (κ2) is 6.50. The molecule has 90 valence electrons. The van der Waals surface area contributed by atoms with Crippen LogP contribution >= 0.6 is 0 Å². The molecule has 1 atom stereocenters. The van der Waals surface area contributed by atoms with Gasteiger partial charge in [0.1, 0.15) is 6.61 Å². The molecule has 5 heteroatoms. The molecule has 0 aliphatic carbocycles. The van der Waals surface area contributed by atoms with Gasteiger partial charge in [0.05, 0.1) is 0 Å². The molecule has 0 amide bonds. The highest BCUT2D eigenvalue weighted by molar-refractivity contribution is 5.19. The molecule has 1 heterocycles. The van der Waals surface area contributed by atoms with Crippen LogP contribution in [0.2, 0.25) is 0 Å². The number of hydrogen-bond acceptors (Lipinski definition) is 3. The van der Waals surface area contributed by atoms with Crippen LogP contribution in [-0.2, 0) is 4.74 Å². The summed E-state index contributed by atoms with van der Waals surface area (Å²) in [5.41, 5.74) is 7.81. The number of nitrogens with two attached hydrogens (primary N) is 1. The molecular formula is C11H16F2N2O. The number of hydrogen-bond donors (Lipinski definition) is 1. The molecule has 0 saturated carbocycles. The summed E-state index contributed by atoms with van der Waals surface area (Å²) in [5, 5.41) is 0. The van der Waals surface area contributed by atoms with E-state index in [1.165, 1.54) is 0 Å². The van der Waals surface area contributed by atoms with Crippen molar-refractivity contribution in [3.63, 3.8) is 0 Å². The second-order valence-corrected chi connectivity index (χ2v) is 3.66. The fourth-order valence-electron chi connectivity index (χ4n) is 1.33. The lowest BCUT2D eigenvalue weighted by atomic mass is 10.1. The molecule has 1 unspecified atom stereocenters. The molecule has 0 fully saturated rings. The van der Waals surface area contributed by atoms with Gasteiger partial charge in [0.25, 0.3) is 6.43 Å². The van der Waals surface area contributed by atoms with Crippen molar-refractivity contribution < 1.29 is 13.5 Å². The number of rotatable bonds is 6. The molecule has 1 aromatic heterocycles. The molecule has 1 rings (SSSR count). The van der Waals surface area contributed by atoms with Crippen LogP contribution in [0.15, 0.2) is 18.5 Å². The van der Waals surface area contributed by atoms with Crippen molar-refractivity contribution in [2.24, 2.45) is 5.73 Å². The third-order valence-electron chi connectivity index (χ3n) is 2.14. The van der Waals surface area contributed by atoms with E-state index in [1.807, 2.05) is 13.0 Å². The Morgan fingerprint density at radius 2 is 2.19 bits per heavy atom. The first kappa shape index (κ1) is 13.0. The van der Waals surface area contributed by atoms with E-state index in [4.69, 9.17) is 10.5 Å². The zero-order chi connectivity index (χ0) is 12.0. The number of nitrogens with zero attached hydrogens (tertiary/aromatic N) is 1. The van der Waals surface area contributed by atoms with E-state index < -0.39 is 13.0 Å². The van der Waals surface area contributed by atoms with E-state index in [0.29, 0.717) is 6.42 Å². The van der Waals surface area contributed by atoms with Crippen molar-refractivity contribution in [3.8, 4) is 0 Å². The highest BCUT2D eigenvalue weighted by Crippen LogP contribution is 2.13. The van der Waals surface area contributed by atoms with Crippen molar-refractivity contribution in [2.45, 2.75) is 25.8 Å². The van der Waals surface area contributed by atoms with Gasteiger partial charge in [-0.1, -0.05) is 6.07 Å². The lowest BCUT2D eigenvalue weighted by Crippen LogP contribution is -2.15. The van der Waals surface area contributed by atoms with Crippen LogP contribution in [0, 0.1) is 6.92 Å². The minimum absolute atomic E-state index is 0.218. The Bertz CT molecular complexity index is 321. The maximum Gasteiger partial charge on any atom is 0.261 e. The first-order valence-electron chi connectivity index (χ1n) is 5.12. The quantitative estimate of drug-likeness (QED) is 0.761. The molecule has 2 N–H and O–H groups in total. The van der Waals surface area contributed by atoms with Crippen LogP contribution in [0.25, 0.3) is 0 Å². The van der Waals surface area contributed by atoms with Gasteiger partial charge in [-0.15, -0.1) is 0 Å². The van der Waals surface area contributed by atoms with Crippen molar-refractivity contribution in [2.75, 3.05) is 13.2 Å². The summed E-state index contributed by atoms with van der Waals surface area (Å²) < 4.78 is 28.3. The summed E-state index contributed by atoms with van der Waals surface area (Å²) in [6.07, 6.45) is 1.52. The number of aromatic nitrogens is 1. The van der Waals surface area contributed by atoms with E-state index in [-0.39, 0.29) is 12.6 Å². The molecule has 16 heavy (non-hydrogen) atoms. The number of alkyl halides is 2. The normalized spacial score (nSPS) is 13.1. The molecule has 1 aromatic rings. The SMILES string of the molecule is Cc1cncc(C(N)CCOCC(F)F)c1. The van der Waals surface area contributed by atoms with E-state index >= 15 is 0 Å². The topological polar surface area (TPSA) is 48.1 Å². The lowest BCUT2D eigenvalue weighted by molar-refractivity contribution is 0.0152. The minimum atomic E-state index is -2.42. The number of ether oxygens (including phenoxy) is 1. The van der Waals surface area contributed by atoms with Crippen molar-refractivity contribution in [1.29, 1.82) is 0 Å². The van der Waals surface area contributed by atoms with Crippen LogP contribution in [0.3, 0.4) is 0 Å². The molecule has 3 nitrogen and oxygen atoms in total. The standard InChI is InChI=1S/C11H16F2N2O/c1-8-4-9(6-15-5-8)10(14)2-3-16-7-11(12)13/h4-6,10-11H,2-3,7,14H2,1H3. The maximum atomic E-state index is 11.8. The molecule has 0 aliphatic heterocycles. The molecule has 0 radical (unpaired) electrons. The average molecular weight is 230 g/mol. The predicted octanol–water partition coefficient (Wildman–Crippen LogP) is 2.06. The monoisotopic (exact) mass is 230 g/mol. The fourth-order valence-corrected chi connectivity index (χ4v) is 1.33. The summed E-state index contributed by atoms with van der Waals surface area (Å²) in [7, 11) is 0. The van der Waals surface area contributed by atoms with Gasteiger partial charge >= 0.3 is 0 Å². The Morgan fingerprint density at radius 3 is 2.81 bits per heavy atom. The van der Waals surface area contributed by atoms with Gasteiger partial charge in [-0.05, 0) is 24.5 Å². The third-order valence-corrected chi connectivity index (χ3v) is 2.14. The van der Waals surface area contributed by atoms with Crippen LogP contribution in [-0.4, -0.2) is 24.6 Å². The lowest BCUT2D eigenvalue weighted by Gasteiger charge is -2.12. The summed E-state index contributed by atoms with van der Waals surface area (Å²) in [6, 6.07) is 1.72. The van der Waals surface area contributed by atoms with Gasteiger partial charge in [-0.25, -0.2) is 8.78 Å². The van der Waals surface area contributed by atoms with Gasteiger partial charge < -0.3 is 10.5 Å². The van der Waals surface area contributed by atoms with Gasteiger partial charge in [-0.2, -0.15) is 0 Å². The largest absolute Gasteiger partial charge is 0.375 e.